The van der Waals surface area contributed by atoms with Crippen LogP contribution >= 0.6 is 0 Å². The van der Waals surface area contributed by atoms with E-state index in [9.17, 15) is 26.7 Å². The molecular formula is C12H11F5N2O. The molecule has 0 bridgehead atoms. The van der Waals surface area contributed by atoms with E-state index in [0.29, 0.717) is 6.07 Å². The van der Waals surface area contributed by atoms with Gasteiger partial charge in [-0.05, 0) is 25.1 Å². The Morgan fingerprint density at radius 3 is 2.25 bits per heavy atom. The van der Waals surface area contributed by atoms with Crippen LogP contribution in [-0.2, 0) is 4.79 Å². The standard InChI is InChI=1S/C12H11F5N2O/c13-7-3-8(14)5-9(4-7)19-10(20)11(12(15,16)17)1-2-18-6-11/h3-5,18H,1-2,6H2,(H,19,20). The van der Waals surface area contributed by atoms with Gasteiger partial charge in [0.2, 0.25) is 5.91 Å². The molecule has 1 heterocycles. The zero-order chi connectivity index (χ0) is 15.0. The summed E-state index contributed by atoms with van der Waals surface area (Å²) in [4.78, 5) is 11.9. The van der Waals surface area contributed by atoms with Crippen LogP contribution < -0.4 is 10.6 Å². The highest BCUT2D eigenvalue weighted by Gasteiger charge is 2.61. The number of benzene rings is 1. The first kappa shape index (κ1) is 14.7. The van der Waals surface area contributed by atoms with Crippen molar-refractivity contribution in [2.75, 3.05) is 18.4 Å². The number of hydrogen-bond donors (Lipinski definition) is 2. The number of alkyl halides is 3. The van der Waals surface area contributed by atoms with E-state index in [4.69, 9.17) is 0 Å². The van der Waals surface area contributed by atoms with Crippen LogP contribution in [0.5, 0.6) is 0 Å². The highest BCUT2D eigenvalue weighted by molar-refractivity contribution is 5.96. The zero-order valence-corrected chi connectivity index (χ0v) is 10.2. The van der Waals surface area contributed by atoms with Gasteiger partial charge in [0.05, 0.1) is 0 Å². The van der Waals surface area contributed by atoms with Crippen LogP contribution in [0.3, 0.4) is 0 Å². The lowest BCUT2D eigenvalue weighted by Crippen LogP contribution is -2.49. The predicted molar refractivity (Wildman–Crippen MR) is 61.0 cm³/mol. The maximum Gasteiger partial charge on any atom is 0.404 e. The zero-order valence-electron chi connectivity index (χ0n) is 10.2. The molecule has 0 spiro atoms. The number of amides is 1. The van der Waals surface area contributed by atoms with Gasteiger partial charge >= 0.3 is 6.18 Å². The maximum atomic E-state index is 13.1. The van der Waals surface area contributed by atoms with Crippen LogP contribution in [0.15, 0.2) is 18.2 Å². The number of nitrogens with one attached hydrogen (secondary N) is 2. The average molecular weight is 294 g/mol. The van der Waals surface area contributed by atoms with Crippen molar-refractivity contribution >= 4 is 11.6 Å². The van der Waals surface area contributed by atoms with Gasteiger partial charge in [-0.15, -0.1) is 0 Å². The SMILES string of the molecule is O=C(Nc1cc(F)cc(F)c1)C1(C(F)(F)F)CCNC1. The molecule has 3 nitrogen and oxygen atoms in total. The summed E-state index contributed by atoms with van der Waals surface area (Å²) in [5.41, 5.74) is -2.92. The van der Waals surface area contributed by atoms with Crippen LogP contribution in [0.25, 0.3) is 0 Å². The quantitative estimate of drug-likeness (QED) is 0.823. The van der Waals surface area contributed by atoms with Crippen molar-refractivity contribution < 1.29 is 26.7 Å². The summed E-state index contributed by atoms with van der Waals surface area (Å²) in [6.07, 6.45) is -5.16. The van der Waals surface area contributed by atoms with Crippen LogP contribution in [0, 0.1) is 17.0 Å². The molecule has 1 aromatic rings. The summed E-state index contributed by atoms with van der Waals surface area (Å²) in [5.74, 6) is -3.28. The van der Waals surface area contributed by atoms with E-state index >= 15 is 0 Å². The molecule has 1 amide bonds. The normalized spacial score (nSPS) is 22.9. The number of carbonyl (C=O) groups is 1. The Morgan fingerprint density at radius 2 is 1.80 bits per heavy atom. The second kappa shape index (κ2) is 5.01. The molecule has 0 radical (unpaired) electrons. The fourth-order valence-electron chi connectivity index (χ4n) is 2.13. The summed E-state index contributed by atoms with van der Waals surface area (Å²) in [7, 11) is 0. The Kier molecular flexibility index (Phi) is 3.68. The van der Waals surface area contributed by atoms with Gasteiger partial charge < -0.3 is 10.6 Å². The van der Waals surface area contributed by atoms with Crippen molar-refractivity contribution in [2.24, 2.45) is 5.41 Å². The molecular weight excluding hydrogens is 283 g/mol. The lowest BCUT2D eigenvalue weighted by molar-refractivity contribution is -0.213. The fourth-order valence-corrected chi connectivity index (χ4v) is 2.13. The van der Waals surface area contributed by atoms with Gasteiger partial charge in [0.1, 0.15) is 11.6 Å². The molecule has 0 saturated carbocycles. The molecule has 1 saturated heterocycles. The fraction of sp³-hybridized carbons (Fsp3) is 0.417. The molecule has 1 unspecified atom stereocenters. The predicted octanol–water partition coefficient (Wildman–Crippen LogP) is 2.45. The van der Waals surface area contributed by atoms with E-state index < -0.39 is 42.1 Å². The van der Waals surface area contributed by atoms with E-state index in [1.165, 1.54) is 0 Å². The summed E-state index contributed by atoms with van der Waals surface area (Å²) in [6.45, 7) is -0.509. The van der Waals surface area contributed by atoms with Crippen molar-refractivity contribution in [2.45, 2.75) is 12.6 Å². The summed E-state index contributed by atoms with van der Waals surface area (Å²) in [6, 6.07) is 2.08. The molecule has 1 atom stereocenters. The Morgan fingerprint density at radius 1 is 1.20 bits per heavy atom. The van der Waals surface area contributed by atoms with E-state index in [0.717, 1.165) is 12.1 Å². The molecule has 1 fully saturated rings. The first-order valence-electron chi connectivity index (χ1n) is 5.80. The molecule has 0 aromatic heterocycles. The first-order chi connectivity index (χ1) is 9.24. The van der Waals surface area contributed by atoms with Gasteiger partial charge in [0.15, 0.2) is 5.41 Å². The van der Waals surface area contributed by atoms with Crippen LogP contribution in [0.2, 0.25) is 0 Å². The topological polar surface area (TPSA) is 41.1 Å². The van der Waals surface area contributed by atoms with Crippen molar-refractivity contribution in [3.05, 3.63) is 29.8 Å². The Hall–Kier alpha value is -1.70. The molecule has 1 aliphatic heterocycles. The molecule has 110 valence electrons. The Balaban J connectivity index is 2.26. The van der Waals surface area contributed by atoms with Crippen LogP contribution in [0.1, 0.15) is 6.42 Å². The lowest BCUT2D eigenvalue weighted by atomic mass is 9.85. The minimum absolute atomic E-state index is 0.0461. The summed E-state index contributed by atoms with van der Waals surface area (Å²) >= 11 is 0. The molecule has 8 heteroatoms. The smallest absolute Gasteiger partial charge is 0.325 e. The third kappa shape index (κ3) is 2.60. The summed E-state index contributed by atoms with van der Waals surface area (Å²) in [5, 5.41) is 4.41. The minimum Gasteiger partial charge on any atom is -0.325 e. The van der Waals surface area contributed by atoms with E-state index in [1.807, 2.05) is 5.32 Å². The number of hydrogen-bond acceptors (Lipinski definition) is 2. The maximum absolute atomic E-state index is 13.1. The number of rotatable bonds is 2. The van der Waals surface area contributed by atoms with Crippen LogP contribution in [0.4, 0.5) is 27.6 Å². The molecule has 1 aromatic carbocycles. The number of halogens is 5. The van der Waals surface area contributed by atoms with E-state index in [2.05, 4.69) is 5.32 Å². The molecule has 2 rings (SSSR count). The third-order valence-electron chi connectivity index (χ3n) is 3.25. The highest BCUT2D eigenvalue weighted by Crippen LogP contribution is 2.43. The van der Waals surface area contributed by atoms with Crippen molar-refractivity contribution in [1.82, 2.24) is 5.32 Å². The Bertz CT molecular complexity index is 503. The molecule has 20 heavy (non-hydrogen) atoms. The number of anilines is 1. The largest absolute Gasteiger partial charge is 0.404 e. The lowest BCUT2D eigenvalue weighted by Gasteiger charge is -2.29. The second-order valence-corrected chi connectivity index (χ2v) is 4.62. The van der Waals surface area contributed by atoms with Crippen LogP contribution in [-0.4, -0.2) is 25.2 Å². The summed E-state index contributed by atoms with van der Waals surface area (Å²) < 4.78 is 65.2. The van der Waals surface area contributed by atoms with Gasteiger partial charge in [0, 0.05) is 18.3 Å². The monoisotopic (exact) mass is 294 g/mol. The van der Waals surface area contributed by atoms with Crippen molar-refractivity contribution in [1.29, 1.82) is 0 Å². The van der Waals surface area contributed by atoms with Gasteiger partial charge in [-0.2, -0.15) is 13.2 Å². The van der Waals surface area contributed by atoms with E-state index in [-0.39, 0.29) is 12.2 Å². The highest BCUT2D eigenvalue weighted by atomic mass is 19.4. The minimum atomic E-state index is -4.74. The van der Waals surface area contributed by atoms with E-state index in [1.54, 1.807) is 0 Å². The number of carbonyl (C=O) groups excluding carboxylic acids is 1. The van der Waals surface area contributed by atoms with Gasteiger partial charge in [0.25, 0.3) is 0 Å². The van der Waals surface area contributed by atoms with Crippen molar-refractivity contribution in [3.63, 3.8) is 0 Å². The molecule has 0 aliphatic carbocycles. The molecule has 1 aliphatic rings. The van der Waals surface area contributed by atoms with Gasteiger partial charge in [-0.1, -0.05) is 0 Å². The van der Waals surface area contributed by atoms with Gasteiger partial charge in [-0.3, -0.25) is 4.79 Å². The van der Waals surface area contributed by atoms with Gasteiger partial charge in [-0.25, -0.2) is 8.78 Å². The first-order valence-corrected chi connectivity index (χ1v) is 5.80. The Labute approximate surface area is 111 Å². The third-order valence-corrected chi connectivity index (χ3v) is 3.25. The second-order valence-electron chi connectivity index (χ2n) is 4.62. The van der Waals surface area contributed by atoms with Crippen molar-refractivity contribution in [3.8, 4) is 0 Å². The molecule has 2 N–H and O–H groups in total. The average Bonchev–Trinajstić information content (AvgIpc) is 2.76.